The molecular formula is C26H32N2O6. The molecule has 0 bridgehead atoms. The lowest BCUT2D eigenvalue weighted by Crippen LogP contribution is -2.62. The lowest BCUT2D eigenvalue weighted by molar-refractivity contribution is -0.143. The summed E-state index contributed by atoms with van der Waals surface area (Å²) in [6.45, 7) is 5.14. The summed E-state index contributed by atoms with van der Waals surface area (Å²) in [5, 5.41) is 14.5. The first-order valence-corrected chi connectivity index (χ1v) is 11.3. The molecule has 3 rings (SSSR count). The maximum atomic E-state index is 12.9. The fraction of sp³-hybridized carbons (Fsp3) is 0.423. The number of aliphatic carboxylic acids is 1. The number of carboxylic acids is 1. The highest BCUT2D eigenvalue weighted by molar-refractivity contribution is 5.92. The van der Waals surface area contributed by atoms with E-state index in [1.165, 1.54) is 14.0 Å². The van der Waals surface area contributed by atoms with Crippen LogP contribution in [0.1, 0.15) is 44.2 Å². The molecule has 8 nitrogen and oxygen atoms in total. The van der Waals surface area contributed by atoms with Gasteiger partial charge in [-0.25, -0.2) is 9.59 Å². The number of methoxy groups -OCH3 is 1. The highest BCUT2D eigenvalue weighted by Gasteiger charge is 2.38. The number of carboxylic acid groups (broad SMARTS) is 1. The van der Waals surface area contributed by atoms with E-state index in [9.17, 15) is 19.5 Å². The van der Waals surface area contributed by atoms with Crippen molar-refractivity contribution in [2.24, 2.45) is 5.92 Å². The number of amides is 2. The highest BCUT2D eigenvalue weighted by atomic mass is 16.5. The Hall–Kier alpha value is -3.39. The Bertz CT molecular complexity index is 1010. The molecule has 0 spiro atoms. The maximum Gasteiger partial charge on any atom is 0.408 e. The first kappa shape index (κ1) is 25.2. The van der Waals surface area contributed by atoms with Crippen LogP contribution in [0.15, 0.2) is 48.5 Å². The SMILES string of the molecule is COCC(C)(NC(=O)OCC1c2ccccc2-c2ccccc21)C(=O)N[C@@H](CC(C)C)C(=O)O. The van der Waals surface area contributed by atoms with Crippen molar-refractivity contribution in [1.82, 2.24) is 10.6 Å². The zero-order valence-electron chi connectivity index (χ0n) is 20.0. The van der Waals surface area contributed by atoms with Crippen LogP contribution in [0.5, 0.6) is 0 Å². The molecule has 1 unspecified atom stereocenters. The monoisotopic (exact) mass is 468 g/mol. The minimum atomic E-state index is -1.51. The van der Waals surface area contributed by atoms with Crippen molar-refractivity contribution in [3.63, 3.8) is 0 Å². The molecule has 1 aliphatic carbocycles. The van der Waals surface area contributed by atoms with E-state index < -0.39 is 29.6 Å². The van der Waals surface area contributed by atoms with Crippen LogP contribution in [0.25, 0.3) is 11.1 Å². The summed E-state index contributed by atoms with van der Waals surface area (Å²) in [5.41, 5.74) is 2.86. The molecule has 8 heteroatoms. The molecule has 0 fully saturated rings. The summed E-state index contributed by atoms with van der Waals surface area (Å²) >= 11 is 0. The second-order valence-corrected chi connectivity index (χ2v) is 9.21. The predicted molar refractivity (Wildman–Crippen MR) is 128 cm³/mol. The van der Waals surface area contributed by atoms with Gasteiger partial charge in [0, 0.05) is 13.0 Å². The topological polar surface area (TPSA) is 114 Å². The zero-order valence-corrected chi connectivity index (χ0v) is 20.0. The molecule has 2 aromatic rings. The molecule has 3 N–H and O–H groups in total. The Morgan fingerprint density at radius 1 is 1.03 bits per heavy atom. The third kappa shape index (κ3) is 5.56. The summed E-state index contributed by atoms with van der Waals surface area (Å²) in [5.74, 6) is -1.85. The van der Waals surface area contributed by atoms with Crippen LogP contribution in [0.3, 0.4) is 0 Å². The van der Waals surface area contributed by atoms with Gasteiger partial charge in [0.25, 0.3) is 0 Å². The number of alkyl carbamates (subject to hydrolysis) is 1. The summed E-state index contributed by atoms with van der Waals surface area (Å²) in [6.07, 6.45) is -0.526. The van der Waals surface area contributed by atoms with Gasteiger partial charge in [-0.3, -0.25) is 4.79 Å². The second kappa shape index (κ2) is 10.7. The van der Waals surface area contributed by atoms with E-state index in [-0.39, 0.29) is 31.5 Å². The van der Waals surface area contributed by atoms with E-state index in [1.54, 1.807) is 0 Å². The highest BCUT2D eigenvalue weighted by Crippen LogP contribution is 2.44. The van der Waals surface area contributed by atoms with E-state index >= 15 is 0 Å². The van der Waals surface area contributed by atoms with Gasteiger partial charge in [-0.05, 0) is 41.5 Å². The molecule has 182 valence electrons. The minimum absolute atomic E-state index is 0.0603. The van der Waals surface area contributed by atoms with Gasteiger partial charge >= 0.3 is 12.1 Å². The van der Waals surface area contributed by atoms with Gasteiger partial charge in [-0.15, -0.1) is 0 Å². The Labute approximate surface area is 199 Å². The van der Waals surface area contributed by atoms with Gasteiger partial charge in [0.1, 0.15) is 18.2 Å². The molecule has 2 amide bonds. The molecule has 0 aromatic heterocycles. The van der Waals surface area contributed by atoms with E-state index in [0.29, 0.717) is 0 Å². The third-order valence-corrected chi connectivity index (χ3v) is 5.97. The molecule has 1 aliphatic rings. The average Bonchev–Trinajstić information content (AvgIpc) is 3.10. The largest absolute Gasteiger partial charge is 0.480 e. The molecule has 2 atom stereocenters. The molecule has 0 saturated carbocycles. The maximum absolute atomic E-state index is 12.9. The number of hydrogen-bond acceptors (Lipinski definition) is 5. The van der Waals surface area contributed by atoms with Gasteiger partial charge in [0.15, 0.2) is 0 Å². The lowest BCUT2D eigenvalue weighted by atomic mass is 9.98. The first-order valence-electron chi connectivity index (χ1n) is 11.3. The normalized spacial score (nSPS) is 15.1. The summed E-state index contributed by atoms with van der Waals surface area (Å²) in [6, 6.07) is 14.9. The van der Waals surface area contributed by atoms with Crippen LogP contribution in [0, 0.1) is 5.92 Å². The Morgan fingerprint density at radius 2 is 1.59 bits per heavy atom. The van der Waals surface area contributed by atoms with Gasteiger partial charge in [0.2, 0.25) is 5.91 Å². The van der Waals surface area contributed by atoms with Crippen LogP contribution < -0.4 is 10.6 Å². The number of nitrogens with one attached hydrogen (secondary N) is 2. The first-order chi connectivity index (χ1) is 16.2. The number of hydrogen-bond donors (Lipinski definition) is 3. The quantitative estimate of drug-likeness (QED) is 0.491. The molecule has 0 saturated heterocycles. The van der Waals surface area contributed by atoms with Crippen LogP contribution in [-0.2, 0) is 19.1 Å². The van der Waals surface area contributed by atoms with Crippen molar-refractivity contribution < 1.29 is 29.0 Å². The van der Waals surface area contributed by atoms with Crippen LogP contribution >= 0.6 is 0 Å². The van der Waals surface area contributed by atoms with Gasteiger partial charge in [0.05, 0.1) is 6.61 Å². The second-order valence-electron chi connectivity index (χ2n) is 9.21. The Morgan fingerprint density at radius 3 is 2.09 bits per heavy atom. The average molecular weight is 469 g/mol. The molecular weight excluding hydrogens is 436 g/mol. The van der Waals surface area contributed by atoms with E-state index in [1.807, 2.05) is 62.4 Å². The third-order valence-electron chi connectivity index (χ3n) is 5.97. The number of carbonyl (C=O) groups is 3. The van der Waals surface area contributed by atoms with Crippen LogP contribution in [0.4, 0.5) is 4.79 Å². The van der Waals surface area contributed by atoms with E-state index in [2.05, 4.69) is 10.6 Å². The molecule has 2 aromatic carbocycles. The van der Waals surface area contributed by atoms with Crippen LogP contribution in [0.2, 0.25) is 0 Å². The summed E-state index contributed by atoms with van der Waals surface area (Å²) < 4.78 is 10.7. The van der Waals surface area contributed by atoms with Crippen molar-refractivity contribution in [2.45, 2.75) is 44.7 Å². The number of fused-ring (bicyclic) bond motifs is 3. The van der Waals surface area contributed by atoms with E-state index in [0.717, 1.165) is 22.3 Å². The van der Waals surface area contributed by atoms with E-state index in [4.69, 9.17) is 9.47 Å². The van der Waals surface area contributed by atoms with Crippen molar-refractivity contribution in [3.8, 4) is 11.1 Å². The van der Waals surface area contributed by atoms with Crippen molar-refractivity contribution >= 4 is 18.0 Å². The predicted octanol–water partition coefficient (Wildman–Crippen LogP) is 3.55. The number of ether oxygens (including phenoxy) is 2. The number of benzene rings is 2. The van der Waals surface area contributed by atoms with Gasteiger partial charge < -0.3 is 25.2 Å². The molecule has 34 heavy (non-hydrogen) atoms. The number of rotatable bonds is 10. The van der Waals surface area contributed by atoms with Crippen molar-refractivity contribution in [1.29, 1.82) is 0 Å². The van der Waals surface area contributed by atoms with Gasteiger partial charge in [-0.2, -0.15) is 0 Å². The smallest absolute Gasteiger partial charge is 0.408 e. The Kier molecular flexibility index (Phi) is 7.94. The van der Waals surface area contributed by atoms with Crippen molar-refractivity contribution in [2.75, 3.05) is 20.3 Å². The minimum Gasteiger partial charge on any atom is -0.480 e. The summed E-state index contributed by atoms with van der Waals surface area (Å²) in [4.78, 5) is 37.3. The number of carbonyl (C=O) groups excluding carboxylic acids is 2. The Balaban J connectivity index is 1.69. The fourth-order valence-electron chi connectivity index (χ4n) is 4.32. The standard InChI is InChI=1S/C26H32N2O6/c1-16(2)13-22(23(29)30)27-24(31)26(3,15-33-4)28-25(32)34-14-21-19-11-7-5-9-17(19)18-10-6-8-12-20(18)21/h5-12,16,21-22H,13-15H2,1-4H3,(H,27,31)(H,28,32)(H,29,30)/t22-,26?/m0/s1. The molecule has 0 heterocycles. The zero-order chi connectivity index (χ0) is 24.9. The molecule has 0 radical (unpaired) electrons. The van der Waals surface area contributed by atoms with Crippen molar-refractivity contribution in [3.05, 3.63) is 59.7 Å². The lowest BCUT2D eigenvalue weighted by Gasteiger charge is -2.30. The van der Waals surface area contributed by atoms with Gasteiger partial charge in [-0.1, -0.05) is 62.4 Å². The summed E-state index contributed by atoms with van der Waals surface area (Å²) in [7, 11) is 1.40. The molecule has 0 aliphatic heterocycles. The fourth-order valence-corrected chi connectivity index (χ4v) is 4.32. The van der Waals surface area contributed by atoms with Crippen LogP contribution in [-0.4, -0.2) is 55.0 Å².